The fourth-order valence-electron chi connectivity index (χ4n) is 1.95. The number of carbonyl (C=O) groups is 1. The molecular formula is C17H20N2O4S. The lowest BCUT2D eigenvalue weighted by Gasteiger charge is -2.10. The summed E-state index contributed by atoms with van der Waals surface area (Å²) in [6.45, 7) is 4.09. The first-order valence-electron chi connectivity index (χ1n) is 7.43. The Labute approximate surface area is 141 Å². The van der Waals surface area contributed by atoms with Crippen LogP contribution in [0.2, 0.25) is 0 Å². The van der Waals surface area contributed by atoms with Gasteiger partial charge in [-0.1, -0.05) is 17.7 Å². The Morgan fingerprint density at radius 3 is 2.25 bits per heavy atom. The summed E-state index contributed by atoms with van der Waals surface area (Å²) in [6.07, 6.45) is 0. The molecule has 0 heterocycles. The van der Waals surface area contributed by atoms with Gasteiger partial charge in [-0.2, -0.15) is 0 Å². The largest absolute Gasteiger partial charge is 0.492 e. The number of hydrogen-bond acceptors (Lipinski definition) is 4. The van der Waals surface area contributed by atoms with E-state index in [-0.39, 0.29) is 10.8 Å². The third-order valence-electron chi connectivity index (χ3n) is 3.18. The number of ether oxygens (including phenoxy) is 1. The van der Waals surface area contributed by atoms with Gasteiger partial charge in [-0.15, -0.1) is 0 Å². The Morgan fingerprint density at radius 1 is 1.04 bits per heavy atom. The van der Waals surface area contributed by atoms with Crippen LogP contribution >= 0.6 is 0 Å². The Morgan fingerprint density at radius 2 is 1.67 bits per heavy atom. The Balaban J connectivity index is 1.95. The topological polar surface area (TPSA) is 84.5 Å². The number of anilines is 1. The fraction of sp³-hybridized carbons (Fsp3) is 0.235. The molecule has 24 heavy (non-hydrogen) atoms. The third kappa shape index (κ3) is 5.27. The summed E-state index contributed by atoms with van der Waals surface area (Å²) in [6, 6.07) is 13.2. The van der Waals surface area contributed by atoms with Crippen molar-refractivity contribution in [2.45, 2.75) is 18.7 Å². The highest BCUT2D eigenvalue weighted by atomic mass is 32.2. The zero-order valence-electron chi connectivity index (χ0n) is 13.6. The summed E-state index contributed by atoms with van der Waals surface area (Å²) in [5, 5.41) is 2.62. The van der Waals surface area contributed by atoms with Crippen LogP contribution in [0.1, 0.15) is 12.5 Å². The van der Waals surface area contributed by atoms with Gasteiger partial charge in [-0.25, -0.2) is 8.42 Å². The number of nitrogens with one attached hydrogen (secondary N) is 2. The average Bonchev–Trinajstić information content (AvgIpc) is 2.53. The first kappa shape index (κ1) is 17.8. The van der Waals surface area contributed by atoms with Crippen molar-refractivity contribution in [3.05, 3.63) is 54.1 Å². The van der Waals surface area contributed by atoms with Crippen molar-refractivity contribution in [2.24, 2.45) is 0 Å². The molecule has 2 aromatic carbocycles. The predicted molar refractivity (Wildman–Crippen MR) is 92.6 cm³/mol. The lowest BCUT2D eigenvalue weighted by atomic mass is 10.2. The van der Waals surface area contributed by atoms with Gasteiger partial charge in [0.05, 0.1) is 11.4 Å². The van der Waals surface area contributed by atoms with Crippen molar-refractivity contribution in [3.8, 4) is 5.75 Å². The Hall–Kier alpha value is -2.54. The van der Waals surface area contributed by atoms with Gasteiger partial charge in [-0.05, 0) is 43.3 Å². The fourth-order valence-corrected chi connectivity index (χ4v) is 3.01. The molecule has 0 aliphatic rings. The van der Waals surface area contributed by atoms with Gasteiger partial charge >= 0.3 is 0 Å². The minimum absolute atomic E-state index is 0.112. The summed E-state index contributed by atoms with van der Waals surface area (Å²) in [4.78, 5) is 10.9. The molecule has 6 nitrogen and oxygen atoms in total. The first-order chi connectivity index (χ1) is 11.4. The van der Waals surface area contributed by atoms with Gasteiger partial charge in [-0.3, -0.25) is 9.52 Å². The normalized spacial score (nSPS) is 10.9. The number of hydrogen-bond donors (Lipinski definition) is 2. The lowest BCUT2D eigenvalue weighted by molar-refractivity contribution is -0.119. The van der Waals surface area contributed by atoms with E-state index in [1.54, 1.807) is 48.5 Å². The maximum absolute atomic E-state index is 12.3. The number of benzene rings is 2. The van der Waals surface area contributed by atoms with Crippen molar-refractivity contribution in [1.82, 2.24) is 5.32 Å². The van der Waals surface area contributed by atoms with Crippen molar-refractivity contribution in [3.63, 3.8) is 0 Å². The number of carbonyl (C=O) groups excluding carboxylic acids is 1. The molecule has 0 fully saturated rings. The summed E-state index contributed by atoms with van der Waals surface area (Å²) in [5.74, 6) is 0.484. The molecule has 2 N–H and O–H groups in total. The van der Waals surface area contributed by atoms with E-state index in [0.29, 0.717) is 24.6 Å². The molecular weight excluding hydrogens is 328 g/mol. The zero-order valence-corrected chi connectivity index (χ0v) is 14.4. The molecule has 0 atom stereocenters. The molecule has 0 aliphatic carbocycles. The molecule has 0 spiro atoms. The van der Waals surface area contributed by atoms with Crippen LogP contribution in [-0.4, -0.2) is 27.5 Å². The number of rotatable bonds is 7. The monoisotopic (exact) mass is 348 g/mol. The molecule has 2 rings (SSSR count). The van der Waals surface area contributed by atoms with Gasteiger partial charge in [0.25, 0.3) is 10.0 Å². The molecule has 1 amide bonds. The molecule has 0 unspecified atom stereocenters. The van der Waals surface area contributed by atoms with E-state index in [9.17, 15) is 13.2 Å². The van der Waals surface area contributed by atoms with E-state index in [2.05, 4.69) is 10.0 Å². The summed E-state index contributed by atoms with van der Waals surface area (Å²) in [7, 11) is -3.61. The second kappa shape index (κ2) is 7.83. The second-order valence-corrected chi connectivity index (χ2v) is 6.96. The van der Waals surface area contributed by atoms with E-state index in [1.807, 2.05) is 6.92 Å². The van der Waals surface area contributed by atoms with Crippen LogP contribution < -0.4 is 14.8 Å². The molecule has 0 aromatic heterocycles. The van der Waals surface area contributed by atoms with Crippen molar-refractivity contribution in [2.75, 3.05) is 17.9 Å². The number of amides is 1. The highest BCUT2D eigenvalue weighted by molar-refractivity contribution is 7.92. The second-order valence-electron chi connectivity index (χ2n) is 5.27. The first-order valence-corrected chi connectivity index (χ1v) is 8.92. The summed E-state index contributed by atoms with van der Waals surface area (Å²) in [5.41, 5.74) is 1.44. The van der Waals surface area contributed by atoms with Gasteiger partial charge in [0, 0.05) is 12.6 Å². The summed E-state index contributed by atoms with van der Waals surface area (Å²) < 4.78 is 32.6. The van der Waals surface area contributed by atoms with Gasteiger partial charge < -0.3 is 10.1 Å². The van der Waals surface area contributed by atoms with E-state index >= 15 is 0 Å². The Bertz CT molecular complexity index is 784. The minimum atomic E-state index is -3.61. The maximum atomic E-state index is 12.3. The highest BCUT2D eigenvalue weighted by Gasteiger charge is 2.13. The molecule has 2 aromatic rings. The number of aryl methyl sites for hydroxylation is 1. The smallest absolute Gasteiger partial charge is 0.261 e. The van der Waals surface area contributed by atoms with E-state index < -0.39 is 10.0 Å². The van der Waals surface area contributed by atoms with Crippen molar-refractivity contribution >= 4 is 21.6 Å². The standard InChI is InChI=1S/C17H20N2O4S/c1-13-3-9-17(10-4-13)24(21,22)19-15-5-7-16(8-6-15)23-12-11-18-14(2)20/h3-10,19H,11-12H2,1-2H3,(H,18,20). The van der Waals surface area contributed by atoms with Gasteiger partial charge in [0.2, 0.25) is 5.91 Å². The minimum Gasteiger partial charge on any atom is -0.492 e. The van der Waals surface area contributed by atoms with Crippen LogP contribution in [-0.2, 0) is 14.8 Å². The van der Waals surface area contributed by atoms with Crippen LogP contribution in [0, 0.1) is 6.92 Å². The molecule has 0 saturated carbocycles. The van der Waals surface area contributed by atoms with Crippen LogP contribution in [0.15, 0.2) is 53.4 Å². The van der Waals surface area contributed by atoms with Gasteiger partial charge in [0.15, 0.2) is 0 Å². The van der Waals surface area contributed by atoms with Crippen molar-refractivity contribution < 1.29 is 17.9 Å². The molecule has 0 bridgehead atoms. The molecule has 7 heteroatoms. The third-order valence-corrected chi connectivity index (χ3v) is 4.58. The lowest BCUT2D eigenvalue weighted by Crippen LogP contribution is -2.25. The molecule has 128 valence electrons. The summed E-state index contributed by atoms with van der Waals surface area (Å²) >= 11 is 0. The Kier molecular flexibility index (Phi) is 5.81. The maximum Gasteiger partial charge on any atom is 0.261 e. The number of sulfonamides is 1. The van der Waals surface area contributed by atoms with E-state index in [0.717, 1.165) is 5.56 Å². The molecule has 0 radical (unpaired) electrons. The van der Waals surface area contributed by atoms with Crippen LogP contribution in [0.4, 0.5) is 5.69 Å². The van der Waals surface area contributed by atoms with Crippen molar-refractivity contribution in [1.29, 1.82) is 0 Å². The van der Waals surface area contributed by atoms with Crippen LogP contribution in [0.5, 0.6) is 5.75 Å². The van der Waals surface area contributed by atoms with Crippen LogP contribution in [0.25, 0.3) is 0 Å². The molecule has 0 saturated heterocycles. The quantitative estimate of drug-likeness (QED) is 0.752. The SMILES string of the molecule is CC(=O)NCCOc1ccc(NS(=O)(=O)c2ccc(C)cc2)cc1. The predicted octanol–water partition coefficient (Wildman–Crippen LogP) is 2.31. The average molecular weight is 348 g/mol. The van der Waals surface area contributed by atoms with Gasteiger partial charge in [0.1, 0.15) is 12.4 Å². The van der Waals surface area contributed by atoms with E-state index in [1.165, 1.54) is 6.92 Å². The van der Waals surface area contributed by atoms with E-state index in [4.69, 9.17) is 4.74 Å². The molecule has 0 aliphatic heterocycles. The zero-order chi connectivity index (χ0) is 17.6. The van der Waals surface area contributed by atoms with Crippen LogP contribution in [0.3, 0.4) is 0 Å². The highest BCUT2D eigenvalue weighted by Crippen LogP contribution is 2.19.